The number of methoxy groups -OCH3 is 1. The summed E-state index contributed by atoms with van der Waals surface area (Å²) in [5, 5.41) is 2.40. The van der Waals surface area contributed by atoms with E-state index in [4.69, 9.17) is 15.5 Å². The van der Waals surface area contributed by atoms with Gasteiger partial charge in [-0.25, -0.2) is 15.0 Å². The number of anilines is 2. The van der Waals surface area contributed by atoms with Gasteiger partial charge in [0.1, 0.15) is 28.7 Å². The first kappa shape index (κ1) is 28.7. The molecule has 0 aliphatic carbocycles. The third kappa shape index (κ3) is 5.96. The largest absolute Gasteiger partial charge is 0.416 e. The van der Waals surface area contributed by atoms with E-state index in [0.717, 1.165) is 31.2 Å². The number of nitrogens with one attached hydrogen (secondary N) is 1. The van der Waals surface area contributed by atoms with E-state index in [1.54, 1.807) is 42.6 Å². The molecular weight excluding hydrogens is 551 g/mol. The SMILES string of the molecule is COCC=CC(=O)N1CCCC[C@H]1c1nc(-c2ccc(C(=O)Nc3cc(C(F)(F)F)ccn3)cc2)c2c(N)nccn12. The molecule has 1 aliphatic rings. The average Bonchev–Trinajstić information content (AvgIpc) is 3.38. The lowest BCUT2D eigenvalue weighted by molar-refractivity contribution is -0.137. The number of benzene rings is 1. The fraction of sp³-hybridized carbons (Fsp3) is 0.276. The van der Waals surface area contributed by atoms with Crippen molar-refractivity contribution >= 4 is 29.0 Å². The number of carbonyl (C=O) groups is 2. The summed E-state index contributed by atoms with van der Waals surface area (Å²) >= 11 is 0. The van der Waals surface area contributed by atoms with E-state index in [2.05, 4.69) is 15.3 Å². The highest BCUT2D eigenvalue weighted by Crippen LogP contribution is 2.36. The third-order valence-electron chi connectivity index (χ3n) is 6.97. The van der Waals surface area contributed by atoms with Crippen LogP contribution in [0.2, 0.25) is 0 Å². The molecule has 0 radical (unpaired) electrons. The maximum atomic E-state index is 13.0. The van der Waals surface area contributed by atoms with Crippen molar-refractivity contribution < 1.29 is 27.5 Å². The second-order valence-electron chi connectivity index (χ2n) is 9.71. The smallest absolute Gasteiger partial charge is 0.382 e. The highest BCUT2D eigenvalue weighted by atomic mass is 19.4. The number of hydrogen-bond donors (Lipinski definition) is 2. The number of likely N-dealkylation sites (tertiary alicyclic amines) is 1. The number of halogens is 3. The Morgan fingerprint density at radius 3 is 2.67 bits per heavy atom. The number of nitrogens with zero attached hydrogens (tertiary/aromatic N) is 5. The number of alkyl halides is 3. The van der Waals surface area contributed by atoms with Crippen LogP contribution in [-0.4, -0.2) is 56.3 Å². The summed E-state index contributed by atoms with van der Waals surface area (Å²) in [6, 6.07) is 7.71. The zero-order chi connectivity index (χ0) is 29.9. The maximum Gasteiger partial charge on any atom is 0.416 e. The molecule has 1 aliphatic heterocycles. The van der Waals surface area contributed by atoms with E-state index in [1.165, 1.54) is 18.2 Å². The number of nitrogens with two attached hydrogens (primary N) is 1. The van der Waals surface area contributed by atoms with Crippen molar-refractivity contribution in [3.63, 3.8) is 0 Å². The highest BCUT2D eigenvalue weighted by Gasteiger charge is 2.32. The molecule has 0 bridgehead atoms. The molecule has 0 saturated carbocycles. The van der Waals surface area contributed by atoms with Crippen LogP contribution in [0, 0.1) is 0 Å². The predicted molar refractivity (Wildman–Crippen MR) is 149 cm³/mol. The molecule has 3 N–H and O–H groups in total. The van der Waals surface area contributed by atoms with Crippen molar-refractivity contribution in [3.8, 4) is 11.3 Å². The van der Waals surface area contributed by atoms with Crippen molar-refractivity contribution in [1.82, 2.24) is 24.3 Å². The van der Waals surface area contributed by atoms with Gasteiger partial charge in [-0.1, -0.05) is 18.2 Å². The van der Waals surface area contributed by atoms with Gasteiger partial charge >= 0.3 is 6.18 Å². The van der Waals surface area contributed by atoms with E-state index < -0.39 is 17.6 Å². The quantitative estimate of drug-likeness (QED) is 0.298. The Morgan fingerprint density at radius 2 is 1.93 bits per heavy atom. The minimum absolute atomic E-state index is 0.136. The molecule has 1 fully saturated rings. The number of imidazole rings is 1. The van der Waals surface area contributed by atoms with E-state index >= 15 is 0 Å². The summed E-state index contributed by atoms with van der Waals surface area (Å²) in [7, 11) is 1.56. The number of carbonyl (C=O) groups excluding carboxylic acids is 2. The van der Waals surface area contributed by atoms with Crippen LogP contribution in [0.5, 0.6) is 0 Å². The monoisotopic (exact) mass is 579 g/mol. The number of nitrogen functional groups attached to an aromatic ring is 1. The molecule has 4 heterocycles. The predicted octanol–water partition coefficient (Wildman–Crippen LogP) is 4.90. The van der Waals surface area contributed by atoms with Gasteiger partial charge in [0.2, 0.25) is 5.91 Å². The van der Waals surface area contributed by atoms with Crippen LogP contribution in [0.1, 0.15) is 47.1 Å². The molecule has 1 atom stereocenters. The van der Waals surface area contributed by atoms with Gasteiger partial charge in [0.25, 0.3) is 5.91 Å². The molecule has 0 unspecified atom stereocenters. The molecule has 10 nitrogen and oxygen atoms in total. The topological polar surface area (TPSA) is 128 Å². The van der Waals surface area contributed by atoms with Gasteiger partial charge in [-0.05, 0) is 43.5 Å². The molecule has 0 spiro atoms. The Hall–Kier alpha value is -4.78. The van der Waals surface area contributed by atoms with Gasteiger partial charge in [0.15, 0.2) is 0 Å². The molecule has 4 aromatic rings. The van der Waals surface area contributed by atoms with Crippen LogP contribution in [0.3, 0.4) is 0 Å². The van der Waals surface area contributed by atoms with Crippen LogP contribution in [0.4, 0.5) is 24.8 Å². The van der Waals surface area contributed by atoms with E-state index in [0.29, 0.717) is 42.2 Å². The third-order valence-corrected chi connectivity index (χ3v) is 6.97. The number of pyridine rings is 1. The lowest BCUT2D eigenvalue weighted by atomic mass is 10.0. The lowest BCUT2D eigenvalue weighted by Gasteiger charge is -2.34. The first-order valence-electron chi connectivity index (χ1n) is 13.2. The summed E-state index contributed by atoms with van der Waals surface area (Å²) in [5.74, 6) is -0.0891. The van der Waals surface area contributed by atoms with Gasteiger partial charge in [-0.3, -0.25) is 14.0 Å². The molecule has 5 rings (SSSR count). The first-order chi connectivity index (χ1) is 20.2. The van der Waals surface area contributed by atoms with Gasteiger partial charge in [-0.2, -0.15) is 13.2 Å². The Balaban J connectivity index is 1.45. The average molecular weight is 580 g/mol. The van der Waals surface area contributed by atoms with E-state index in [-0.39, 0.29) is 29.1 Å². The standard InChI is InChI=1S/C29H28F3N7O3/c1-42-16-4-6-23(40)38-14-3-2-5-21(38)27-37-24(25-26(33)35-13-15-39(25)27)18-7-9-19(10-8-18)28(41)36-22-17-20(11-12-34-22)29(30,31)32/h4,6-13,15,17,21H,2-3,5,14,16H2,1H3,(H2,33,35)(H,34,36,41)/t21-/m0/s1. The summed E-state index contributed by atoms with van der Waals surface area (Å²) < 4.78 is 45.9. The summed E-state index contributed by atoms with van der Waals surface area (Å²) in [5.41, 5.74) is 7.31. The van der Waals surface area contributed by atoms with Crippen LogP contribution in [0.25, 0.3) is 16.8 Å². The first-order valence-corrected chi connectivity index (χ1v) is 13.2. The molecule has 42 heavy (non-hydrogen) atoms. The van der Waals surface area contributed by atoms with Crippen molar-refractivity contribution in [1.29, 1.82) is 0 Å². The fourth-order valence-corrected chi connectivity index (χ4v) is 4.97. The number of piperidine rings is 1. The van der Waals surface area contributed by atoms with Gasteiger partial charge in [0.05, 0.1) is 18.2 Å². The Kier molecular flexibility index (Phi) is 8.20. The second-order valence-corrected chi connectivity index (χ2v) is 9.71. The molecule has 13 heteroatoms. The van der Waals surface area contributed by atoms with Gasteiger partial charge < -0.3 is 20.7 Å². The normalized spacial score (nSPS) is 15.8. The number of aromatic nitrogens is 4. The van der Waals surface area contributed by atoms with Gasteiger partial charge in [-0.15, -0.1) is 0 Å². The maximum absolute atomic E-state index is 13.0. The highest BCUT2D eigenvalue weighted by molar-refractivity contribution is 6.04. The van der Waals surface area contributed by atoms with E-state index in [1.807, 2.05) is 4.40 Å². The molecular formula is C29H28F3N7O3. The number of rotatable bonds is 7. The molecule has 1 aromatic carbocycles. The van der Waals surface area contributed by atoms with Crippen molar-refractivity contribution in [2.45, 2.75) is 31.5 Å². The fourth-order valence-electron chi connectivity index (χ4n) is 4.97. The van der Waals surface area contributed by atoms with Crippen LogP contribution >= 0.6 is 0 Å². The minimum atomic E-state index is -4.56. The molecule has 2 amide bonds. The zero-order valence-corrected chi connectivity index (χ0v) is 22.6. The Bertz CT molecular complexity index is 1630. The molecule has 218 valence electrons. The van der Waals surface area contributed by atoms with Crippen molar-refractivity contribution in [2.24, 2.45) is 0 Å². The number of amides is 2. The van der Waals surface area contributed by atoms with Gasteiger partial charge in [0, 0.05) is 49.4 Å². The van der Waals surface area contributed by atoms with Crippen LogP contribution in [0.15, 0.2) is 67.1 Å². The van der Waals surface area contributed by atoms with Crippen molar-refractivity contribution in [3.05, 3.63) is 84.1 Å². The summed E-state index contributed by atoms with van der Waals surface area (Å²) in [6.45, 7) is 0.906. The number of fused-ring (bicyclic) bond motifs is 1. The van der Waals surface area contributed by atoms with Crippen LogP contribution < -0.4 is 11.1 Å². The lowest BCUT2D eigenvalue weighted by Crippen LogP contribution is -2.38. The molecule has 3 aromatic heterocycles. The summed E-state index contributed by atoms with van der Waals surface area (Å²) in [6.07, 6.45) is 5.44. The zero-order valence-electron chi connectivity index (χ0n) is 22.6. The number of ether oxygens (including phenoxy) is 1. The Morgan fingerprint density at radius 1 is 1.14 bits per heavy atom. The van der Waals surface area contributed by atoms with E-state index in [9.17, 15) is 22.8 Å². The summed E-state index contributed by atoms with van der Waals surface area (Å²) in [4.78, 5) is 40.6. The second kappa shape index (κ2) is 12.0. The van der Waals surface area contributed by atoms with Crippen molar-refractivity contribution in [2.75, 3.05) is 31.3 Å². The minimum Gasteiger partial charge on any atom is -0.382 e. The van der Waals surface area contributed by atoms with Crippen LogP contribution in [-0.2, 0) is 15.7 Å². The number of hydrogen-bond acceptors (Lipinski definition) is 7. The Labute approximate surface area is 239 Å². The molecule has 1 saturated heterocycles.